The Kier molecular flexibility index (Phi) is 4.10. The third kappa shape index (κ3) is 3.47. The van der Waals surface area contributed by atoms with Gasteiger partial charge >= 0.3 is 0 Å². The second-order valence-corrected chi connectivity index (χ2v) is 6.56. The van der Waals surface area contributed by atoms with E-state index in [4.69, 9.17) is 10.6 Å². The zero-order valence-electron chi connectivity index (χ0n) is 11.9. The molecule has 2 aromatic rings. The fourth-order valence-corrected chi connectivity index (χ4v) is 2.34. The van der Waals surface area contributed by atoms with Gasteiger partial charge in [-0.1, -0.05) is 0 Å². The highest BCUT2D eigenvalue weighted by Gasteiger charge is 2.11. The molecule has 0 unspecified atom stereocenters. The van der Waals surface area contributed by atoms with Crippen LogP contribution in [-0.2, 0) is 9.84 Å². The molecule has 1 aromatic carbocycles. The molecule has 2 rings (SSSR count). The van der Waals surface area contributed by atoms with E-state index in [1.807, 2.05) is 0 Å². The van der Waals surface area contributed by atoms with Crippen molar-refractivity contribution in [2.75, 3.05) is 11.7 Å². The summed E-state index contributed by atoms with van der Waals surface area (Å²) < 4.78 is 28.5. The number of ether oxygens (including phenoxy) is 1. The van der Waals surface area contributed by atoms with Crippen LogP contribution in [0.4, 0.5) is 5.82 Å². The molecule has 0 aliphatic carbocycles. The van der Waals surface area contributed by atoms with Crippen LogP contribution in [0, 0.1) is 13.8 Å². The van der Waals surface area contributed by atoms with Crippen molar-refractivity contribution in [3.8, 4) is 11.6 Å². The van der Waals surface area contributed by atoms with Gasteiger partial charge in [-0.2, -0.15) is 4.98 Å². The molecule has 0 atom stereocenters. The minimum absolute atomic E-state index is 0.231. The molecule has 112 valence electrons. The summed E-state index contributed by atoms with van der Waals surface area (Å²) in [5.41, 5.74) is 3.14. The third-order valence-electron chi connectivity index (χ3n) is 2.82. The van der Waals surface area contributed by atoms with Crippen molar-refractivity contribution in [2.45, 2.75) is 18.7 Å². The van der Waals surface area contributed by atoms with E-state index < -0.39 is 9.84 Å². The molecule has 0 fully saturated rings. The maximum Gasteiger partial charge on any atom is 0.227 e. The molecule has 0 bridgehead atoms. The highest BCUT2D eigenvalue weighted by molar-refractivity contribution is 7.90. The summed E-state index contributed by atoms with van der Waals surface area (Å²) in [5.74, 6) is 7.22. The molecule has 0 aliphatic heterocycles. The molecule has 1 heterocycles. The number of sulfone groups is 1. The van der Waals surface area contributed by atoms with Crippen LogP contribution in [0.1, 0.15) is 11.4 Å². The van der Waals surface area contributed by atoms with Crippen LogP contribution in [0.5, 0.6) is 11.6 Å². The van der Waals surface area contributed by atoms with E-state index in [2.05, 4.69) is 15.4 Å². The predicted molar refractivity (Wildman–Crippen MR) is 78.9 cm³/mol. The Labute approximate surface area is 123 Å². The summed E-state index contributed by atoms with van der Waals surface area (Å²) in [7, 11) is -3.23. The molecule has 0 radical (unpaired) electrons. The summed E-state index contributed by atoms with van der Waals surface area (Å²) in [4.78, 5) is 8.57. The minimum Gasteiger partial charge on any atom is -0.439 e. The number of nitrogens with zero attached hydrogens (tertiary/aromatic N) is 2. The number of rotatable bonds is 4. The van der Waals surface area contributed by atoms with Crippen molar-refractivity contribution in [2.24, 2.45) is 5.84 Å². The number of anilines is 1. The van der Waals surface area contributed by atoms with Crippen LogP contribution >= 0.6 is 0 Å². The quantitative estimate of drug-likeness (QED) is 0.652. The molecule has 0 saturated heterocycles. The maximum absolute atomic E-state index is 11.4. The largest absolute Gasteiger partial charge is 0.439 e. The normalized spacial score (nSPS) is 11.2. The first-order valence-electron chi connectivity index (χ1n) is 6.11. The Morgan fingerprint density at radius 3 is 2.29 bits per heavy atom. The molecule has 1 aromatic heterocycles. The van der Waals surface area contributed by atoms with E-state index in [1.165, 1.54) is 12.1 Å². The number of hydrogen-bond acceptors (Lipinski definition) is 7. The zero-order valence-corrected chi connectivity index (χ0v) is 12.7. The zero-order chi connectivity index (χ0) is 15.6. The molecular formula is C13H16N4O3S. The van der Waals surface area contributed by atoms with E-state index >= 15 is 0 Å². The van der Waals surface area contributed by atoms with Crippen LogP contribution in [0.15, 0.2) is 29.2 Å². The average molecular weight is 308 g/mol. The standard InChI is InChI=1S/C13H16N4O3S/c1-8-12(17-14)15-9(2)16-13(8)20-10-4-6-11(7-5-10)21(3,18)19/h4-7H,14H2,1-3H3,(H,15,16,17). The fourth-order valence-electron chi connectivity index (χ4n) is 1.71. The lowest BCUT2D eigenvalue weighted by Crippen LogP contribution is -2.12. The number of aryl methyl sites for hydroxylation is 1. The molecule has 21 heavy (non-hydrogen) atoms. The van der Waals surface area contributed by atoms with Crippen molar-refractivity contribution in [3.63, 3.8) is 0 Å². The molecule has 7 nitrogen and oxygen atoms in total. The van der Waals surface area contributed by atoms with Gasteiger partial charge in [0, 0.05) is 6.26 Å². The minimum atomic E-state index is -3.23. The van der Waals surface area contributed by atoms with Crippen LogP contribution in [0.3, 0.4) is 0 Å². The SMILES string of the molecule is Cc1nc(NN)c(C)c(Oc2ccc(S(C)(=O)=O)cc2)n1. The average Bonchev–Trinajstić information content (AvgIpc) is 2.42. The van der Waals surface area contributed by atoms with Crippen LogP contribution in [0.25, 0.3) is 0 Å². The van der Waals surface area contributed by atoms with E-state index in [0.717, 1.165) is 6.26 Å². The van der Waals surface area contributed by atoms with E-state index in [0.29, 0.717) is 28.8 Å². The van der Waals surface area contributed by atoms with E-state index in [1.54, 1.807) is 26.0 Å². The summed E-state index contributed by atoms with van der Waals surface area (Å²) in [6.45, 7) is 3.49. The maximum atomic E-state index is 11.4. The van der Waals surface area contributed by atoms with Crippen LogP contribution in [0.2, 0.25) is 0 Å². The van der Waals surface area contributed by atoms with Gasteiger partial charge in [-0.3, -0.25) is 0 Å². The van der Waals surface area contributed by atoms with Crippen LogP contribution < -0.4 is 16.0 Å². The van der Waals surface area contributed by atoms with Gasteiger partial charge in [-0.25, -0.2) is 19.2 Å². The van der Waals surface area contributed by atoms with Gasteiger partial charge in [-0.15, -0.1) is 0 Å². The molecular weight excluding hydrogens is 292 g/mol. The number of benzene rings is 1. The predicted octanol–water partition coefficient (Wildman–Crippen LogP) is 1.57. The van der Waals surface area contributed by atoms with Gasteiger partial charge in [0.05, 0.1) is 10.5 Å². The smallest absolute Gasteiger partial charge is 0.227 e. The van der Waals surface area contributed by atoms with Gasteiger partial charge in [0.15, 0.2) is 9.84 Å². The molecule has 0 spiro atoms. The highest BCUT2D eigenvalue weighted by Crippen LogP contribution is 2.27. The molecule has 0 amide bonds. The first kappa shape index (κ1) is 15.2. The summed E-state index contributed by atoms with van der Waals surface area (Å²) in [5, 5.41) is 0. The number of aromatic nitrogens is 2. The second kappa shape index (κ2) is 5.66. The first-order chi connectivity index (χ1) is 9.81. The van der Waals surface area contributed by atoms with Crippen molar-refractivity contribution < 1.29 is 13.2 Å². The Hall–Kier alpha value is -2.19. The van der Waals surface area contributed by atoms with Crippen molar-refractivity contribution in [1.29, 1.82) is 0 Å². The lowest BCUT2D eigenvalue weighted by molar-refractivity contribution is 0.455. The van der Waals surface area contributed by atoms with Crippen LogP contribution in [-0.4, -0.2) is 24.6 Å². The van der Waals surface area contributed by atoms with Gasteiger partial charge < -0.3 is 10.2 Å². The van der Waals surface area contributed by atoms with Gasteiger partial charge in [0.1, 0.15) is 17.4 Å². The lowest BCUT2D eigenvalue weighted by Gasteiger charge is -2.11. The number of nitrogens with one attached hydrogen (secondary N) is 1. The lowest BCUT2D eigenvalue weighted by atomic mass is 10.3. The fraction of sp³-hybridized carbons (Fsp3) is 0.231. The Bertz CT molecular complexity index is 758. The number of hydrazine groups is 1. The number of hydrogen-bond donors (Lipinski definition) is 2. The summed E-state index contributed by atoms with van der Waals surface area (Å²) in [6.07, 6.45) is 1.15. The Balaban J connectivity index is 2.32. The first-order valence-corrected chi connectivity index (χ1v) is 8.00. The van der Waals surface area contributed by atoms with Crippen molar-refractivity contribution in [1.82, 2.24) is 9.97 Å². The summed E-state index contributed by atoms with van der Waals surface area (Å²) >= 11 is 0. The van der Waals surface area contributed by atoms with E-state index in [9.17, 15) is 8.42 Å². The Morgan fingerprint density at radius 1 is 1.14 bits per heavy atom. The highest BCUT2D eigenvalue weighted by atomic mass is 32.2. The monoisotopic (exact) mass is 308 g/mol. The van der Waals surface area contributed by atoms with Gasteiger partial charge in [0.2, 0.25) is 5.88 Å². The third-order valence-corrected chi connectivity index (χ3v) is 3.94. The summed E-state index contributed by atoms with van der Waals surface area (Å²) in [6, 6.07) is 6.11. The van der Waals surface area contributed by atoms with Crippen molar-refractivity contribution >= 4 is 15.7 Å². The number of nitrogen functional groups attached to an aromatic ring is 1. The topological polar surface area (TPSA) is 107 Å². The molecule has 3 N–H and O–H groups in total. The molecule has 8 heteroatoms. The molecule has 0 aliphatic rings. The van der Waals surface area contributed by atoms with Gasteiger partial charge in [-0.05, 0) is 38.1 Å². The second-order valence-electron chi connectivity index (χ2n) is 4.54. The van der Waals surface area contributed by atoms with E-state index in [-0.39, 0.29) is 4.90 Å². The van der Waals surface area contributed by atoms with Crippen molar-refractivity contribution in [3.05, 3.63) is 35.7 Å². The number of nitrogens with two attached hydrogens (primary N) is 1. The molecule has 0 saturated carbocycles. The van der Waals surface area contributed by atoms with Gasteiger partial charge in [0.25, 0.3) is 0 Å². The Morgan fingerprint density at radius 2 is 1.76 bits per heavy atom.